The van der Waals surface area contributed by atoms with Gasteiger partial charge in [-0.2, -0.15) is 11.8 Å². The summed E-state index contributed by atoms with van der Waals surface area (Å²) in [6.07, 6.45) is 2.68. The van der Waals surface area contributed by atoms with Gasteiger partial charge in [0.15, 0.2) is 0 Å². The molecule has 1 aromatic rings. The van der Waals surface area contributed by atoms with Gasteiger partial charge in [0.25, 0.3) is 0 Å². The molecule has 0 amide bonds. The number of hydrogen-bond acceptors (Lipinski definition) is 2. The molecule has 0 radical (unpaired) electrons. The van der Waals surface area contributed by atoms with Gasteiger partial charge in [0.2, 0.25) is 0 Å². The number of hydrogen-bond donors (Lipinski definition) is 1. The first-order chi connectivity index (χ1) is 8.24. The van der Waals surface area contributed by atoms with E-state index in [1.165, 1.54) is 24.3 Å². The average molecular weight is 290 g/mol. The molecule has 1 aliphatic rings. The molecule has 1 aromatic carbocycles. The van der Waals surface area contributed by atoms with Gasteiger partial charge in [0.05, 0.1) is 0 Å². The Bertz CT molecular complexity index is 344. The van der Waals surface area contributed by atoms with Crippen LogP contribution in [-0.4, -0.2) is 18.1 Å². The molecule has 1 heterocycles. The van der Waals surface area contributed by atoms with Crippen LogP contribution in [0, 0.1) is 5.92 Å². The van der Waals surface area contributed by atoms with E-state index in [-0.39, 0.29) is 0 Å². The second kappa shape index (κ2) is 6.89. The molecule has 0 atom stereocenters. The van der Waals surface area contributed by atoms with Crippen molar-refractivity contribution in [2.45, 2.75) is 19.4 Å². The smallest absolute Gasteiger partial charge is 0.0424 e. The van der Waals surface area contributed by atoms with Crippen molar-refractivity contribution in [3.8, 4) is 0 Å². The third-order valence-corrected chi connectivity index (χ3v) is 4.51. The van der Waals surface area contributed by atoms with Gasteiger partial charge in [0.1, 0.15) is 0 Å². The predicted octanol–water partition coefficient (Wildman–Crippen LogP) is 4.23. The van der Waals surface area contributed by atoms with Crippen molar-refractivity contribution in [1.29, 1.82) is 0 Å². The number of benzene rings is 1. The number of nitrogens with one attached hydrogen (secondary N) is 1. The van der Waals surface area contributed by atoms with Crippen LogP contribution in [0.5, 0.6) is 0 Å². The van der Waals surface area contributed by atoms with Gasteiger partial charge in [-0.1, -0.05) is 23.2 Å². The molecule has 17 heavy (non-hydrogen) atoms. The normalized spacial score (nSPS) is 17.3. The van der Waals surface area contributed by atoms with Gasteiger partial charge in [-0.15, -0.1) is 0 Å². The Hall–Kier alpha value is 0.110. The van der Waals surface area contributed by atoms with Gasteiger partial charge >= 0.3 is 0 Å². The summed E-state index contributed by atoms with van der Waals surface area (Å²) < 4.78 is 0. The van der Waals surface area contributed by atoms with Crippen LogP contribution in [0.3, 0.4) is 0 Å². The van der Waals surface area contributed by atoms with E-state index in [1.54, 1.807) is 6.07 Å². The fourth-order valence-corrected chi connectivity index (χ4v) is 3.86. The van der Waals surface area contributed by atoms with E-state index in [4.69, 9.17) is 23.2 Å². The first-order valence-electron chi connectivity index (χ1n) is 5.97. The summed E-state index contributed by atoms with van der Waals surface area (Å²) in [6, 6.07) is 5.71. The lowest BCUT2D eigenvalue weighted by molar-refractivity contribution is 0.448. The number of thioether (sulfide) groups is 1. The summed E-state index contributed by atoms with van der Waals surface area (Å²) in [7, 11) is 0. The number of halogens is 2. The summed E-state index contributed by atoms with van der Waals surface area (Å²) in [5.74, 6) is 3.47. The second-order valence-electron chi connectivity index (χ2n) is 4.46. The molecule has 94 valence electrons. The molecular weight excluding hydrogens is 273 g/mol. The lowest BCUT2D eigenvalue weighted by Crippen LogP contribution is -2.25. The van der Waals surface area contributed by atoms with E-state index in [9.17, 15) is 0 Å². The molecule has 1 fully saturated rings. The van der Waals surface area contributed by atoms with Gasteiger partial charge < -0.3 is 5.32 Å². The SMILES string of the molecule is Clc1cc(Cl)cc(CNCC2CCSCC2)c1. The average Bonchev–Trinajstić information content (AvgIpc) is 2.29. The molecular formula is C13H17Cl2NS. The summed E-state index contributed by atoms with van der Waals surface area (Å²) in [6.45, 7) is 1.95. The van der Waals surface area contributed by atoms with Gasteiger partial charge in [-0.3, -0.25) is 0 Å². The maximum Gasteiger partial charge on any atom is 0.0424 e. The van der Waals surface area contributed by atoms with Crippen molar-refractivity contribution >= 4 is 35.0 Å². The highest BCUT2D eigenvalue weighted by atomic mass is 35.5. The van der Waals surface area contributed by atoms with E-state index in [2.05, 4.69) is 17.1 Å². The lowest BCUT2D eigenvalue weighted by atomic mass is 10.0. The van der Waals surface area contributed by atoms with E-state index in [0.717, 1.165) is 24.6 Å². The Balaban J connectivity index is 1.77. The summed E-state index contributed by atoms with van der Waals surface area (Å²) in [4.78, 5) is 0. The van der Waals surface area contributed by atoms with E-state index < -0.39 is 0 Å². The van der Waals surface area contributed by atoms with Crippen LogP contribution in [-0.2, 0) is 6.54 Å². The largest absolute Gasteiger partial charge is 0.312 e. The predicted molar refractivity (Wildman–Crippen MR) is 78.2 cm³/mol. The molecule has 0 bridgehead atoms. The molecule has 1 saturated heterocycles. The zero-order valence-electron chi connectivity index (χ0n) is 9.72. The van der Waals surface area contributed by atoms with Gasteiger partial charge in [0, 0.05) is 16.6 Å². The van der Waals surface area contributed by atoms with Crippen molar-refractivity contribution in [1.82, 2.24) is 5.32 Å². The van der Waals surface area contributed by atoms with E-state index >= 15 is 0 Å². The molecule has 0 saturated carbocycles. The summed E-state index contributed by atoms with van der Waals surface area (Å²) in [5, 5.41) is 4.92. The van der Waals surface area contributed by atoms with Crippen LogP contribution in [0.2, 0.25) is 10.0 Å². The first kappa shape index (κ1) is 13.5. The molecule has 0 aliphatic carbocycles. The van der Waals surface area contributed by atoms with Crippen LogP contribution < -0.4 is 5.32 Å². The van der Waals surface area contributed by atoms with Crippen LogP contribution in [0.4, 0.5) is 0 Å². The molecule has 2 rings (SSSR count). The van der Waals surface area contributed by atoms with Crippen LogP contribution in [0.1, 0.15) is 18.4 Å². The third kappa shape index (κ3) is 4.70. The molecule has 0 unspecified atom stereocenters. The quantitative estimate of drug-likeness (QED) is 0.890. The highest BCUT2D eigenvalue weighted by Gasteiger charge is 2.12. The molecule has 0 spiro atoms. The van der Waals surface area contributed by atoms with Gasteiger partial charge in [-0.05, 0) is 60.6 Å². The Kier molecular flexibility index (Phi) is 5.49. The molecule has 4 heteroatoms. The topological polar surface area (TPSA) is 12.0 Å². The van der Waals surface area contributed by atoms with Gasteiger partial charge in [-0.25, -0.2) is 0 Å². The van der Waals surface area contributed by atoms with Crippen molar-refractivity contribution < 1.29 is 0 Å². The van der Waals surface area contributed by atoms with Crippen molar-refractivity contribution in [2.75, 3.05) is 18.1 Å². The fourth-order valence-electron chi connectivity index (χ4n) is 2.08. The Labute approximate surface area is 117 Å². The molecule has 0 aromatic heterocycles. The zero-order valence-corrected chi connectivity index (χ0v) is 12.0. The lowest BCUT2D eigenvalue weighted by Gasteiger charge is -2.21. The summed E-state index contributed by atoms with van der Waals surface area (Å²) in [5.41, 5.74) is 1.16. The molecule has 1 aliphatic heterocycles. The van der Waals surface area contributed by atoms with Crippen LogP contribution in [0.25, 0.3) is 0 Å². The van der Waals surface area contributed by atoms with E-state index in [0.29, 0.717) is 10.0 Å². The molecule has 1 N–H and O–H groups in total. The highest BCUT2D eigenvalue weighted by Crippen LogP contribution is 2.22. The zero-order chi connectivity index (χ0) is 12.1. The Morgan fingerprint density at radius 3 is 2.41 bits per heavy atom. The second-order valence-corrected chi connectivity index (χ2v) is 6.56. The first-order valence-corrected chi connectivity index (χ1v) is 7.88. The van der Waals surface area contributed by atoms with Crippen LogP contribution in [0.15, 0.2) is 18.2 Å². The molecule has 1 nitrogen and oxygen atoms in total. The minimum Gasteiger partial charge on any atom is -0.312 e. The monoisotopic (exact) mass is 289 g/mol. The third-order valence-electron chi connectivity index (χ3n) is 3.03. The minimum atomic E-state index is 0.711. The maximum absolute atomic E-state index is 5.96. The van der Waals surface area contributed by atoms with Crippen molar-refractivity contribution in [3.05, 3.63) is 33.8 Å². The standard InChI is InChI=1S/C13H17Cl2NS/c14-12-5-11(6-13(15)7-12)9-16-8-10-1-3-17-4-2-10/h5-7,10,16H,1-4,8-9H2. The minimum absolute atomic E-state index is 0.711. The fraction of sp³-hybridized carbons (Fsp3) is 0.538. The Morgan fingerprint density at radius 1 is 1.12 bits per heavy atom. The highest BCUT2D eigenvalue weighted by molar-refractivity contribution is 7.99. The van der Waals surface area contributed by atoms with Crippen molar-refractivity contribution in [2.24, 2.45) is 5.92 Å². The number of rotatable bonds is 4. The Morgan fingerprint density at radius 2 is 1.76 bits per heavy atom. The van der Waals surface area contributed by atoms with Crippen LogP contribution >= 0.6 is 35.0 Å². The maximum atomic E-state index is 5.96. The summed E-state index contributed by atoms with van der Waals surface area (Å²) >= 11 is 14.0. The van der Waals surface area contributed by atoms with E-state index in [1.807, 2.05) is 12.1 Å². The van der Waals surface area contributed by atoms with Crippen molar-refractivity contribution in [3.63, 3.8) is 0 Å².